The first-order chi connectivity index (χ1) is 11.0. The van der Waals surface area contributed by atoms with Crippen molar-refractivity contribution >= 4 is 17.9 Å². The van der Waals surface area contributed by atoms with E-state index in [9.17, 15) is 14.4 Å². The molecule has 0 radical (unpaired) electrons. The van der Waals surface area contributed by atoms with Crippen LogP contribution in [0.5, 0.6) is 0 Å². The number of hydrogen-bond donors (Lipinski definition) is 2. The summed E-state index contributed by atoms with van der Waals surface area (Å²) in [6, 6.07) is 0. The van der Waals surface area contributed by atoms with E-state index >= 15 is 0 Å². The number of carbonyl (C=O) groups excluding carboxylic acids is 3. The molecule has 3 N–H and O–H groups in total. The van der Waals surface area contributed by atoms with Crippen molar-refractivity contribution in [2.45, 2.75) is 19.8 Å². The molecule has 2 aliphatic rings. The van der Waals surface area contributed by atoms with E-state index in [1.807, 2.05) is 4.90 Å². The highest BCUT2D eigenvalue weighted by molar-refractivity contribution is 5.79. The second kappa shape index (κ2) is 8.14. The molecule has 0 aromatic carbocycles. The number of rotatable bonds is 4. The molecule has 8 heteroatoms. The molecule has 0 bridgehead atoms. The van der Waals surface area contributed by atoms with Gasteiger partial charge in [-0.2, -0.15) is 0 Å². The van der Waals surface area contributed by atoms with Crippen LogP contribution in [0.2, 0.25) is 0 Å². The molecule has 0 aromatic rings. The number of nitrogens with two attached hydrogens (primary N) is 1. The van der Waals surface area contributed by atoms with Crippen molar-refractivity contribution in [1.82, 2.24) is 9.80 Å². The van der Waals surface area contributed by atoms with Gasteiger partial charge in [-0.3, -0.25) is 14.5 Å². The van der Waals surface area contributed by atoms with Gasteiger partial charge in [0, 0.05) is 19.0 Å². The zero-order valence-electron chi connectivity index (χ0n) is 13.8. The molecular weight excluding hydrogens is 300 g/mol. The summed E-state index contributed by atoms with van der Waals surface area (Å²) in [6.07, 6.45) is 1.05. The maximum Gasteiger partial charge on any atom is 0.410 e. The van der Waals surface area contributed by atoms with Gasteiger partial charge in [-0.1, -0.05) is 0 Å². The highest BCUT2D eigenvalue weighted by Crippen LogP contribution is 2.16. The normalized spacial score (nSPS) is 20.4. The predicted octanol–water partition coefficient (Wildman–Crippen LogP) is -1.93. The molecule has 0 aromatic heterocycles. The van der Waals surface area contributed by atoms with Gasteiger partial charge in [0.15, 0.2) is 6.54 Å². The second-order valence-electron chi connectivity index (χ2n) is 6.17. The fourth-order valence-corrected chi connectivity index (χ4v) is 3.14. The van der Waals surface area contributed by atoms with E-state index < -0.39 is 0 Å². The highest BCUT2D eigenvalue weighted by Gasteiger charge is 2.30. The third kappa shape index (κ3) is 4.82. The number of quaternary nitrogens is 1. The Hall–Kier alpha value is -1.83. The van der Waals surface area contributed by atoms with Crippen molar-refractivity contribution in [3.63, 3.8) is 0 Å². The van der Waals surface area contributed by atoms with Crippen LogP contribution >= 0.6 is 0 Å². The number of primary amides is 1. The first-order valence-electron chi connectivity index (χ1n) is 8.33. The second-order valence-corrected chi connectivity index (χ2v) is 6.17. The molecule has 2 rings (SSSR count). The van der Waals surface area contributed by atoms with Crippen LogP contribution in [-0.2, 0) is 14.3 Å². The molecular formula is C15H27N4O4+. The van der Waals surface area contributed by atoms with Gasteiger partial charge in [0.1, 0.15) is 0 Å². The Morgan fingerprint density at radius 1 is 1.09 bits per heavy atom. The first kappa shape index (κ1) is 17.5. The molecule has 0 unspecified atom stereocenters. The van der Waals surface area contributed by atoms with Crippen LogP contribution in [0.1, 0.15) is 19.8 Å². The summed E-state index contributed by atoms with van der Waals surface area (Å²) < 4.78 is 4.99. The van der Waals surface area contributed by atoms with Gasteiger partial charge in [0.05, 0.1) is 32.8 Å². The van der Waals surface area contributed by atoms with E-state index in [0.29, 0.717) is 52.2 Å². The van der Waals surface area contributed by atoms with Gasteiger partial charge in [-0.25, -0.2) is 4.79 Å². The fourth-order valence-electron chi connectivity index (χ4n) is 3.14. The highest BCUT2D eigenvalue weighted by atomic mass is 16.6. The predicted molar refractivity (Wildman–Crippen MR) is 82.7 cm³/mol. The van der Waals surface area contributed by atoms with E-state index in [-0.39, 0.29) is 23.8 Å². The maximum absolute atomic E-state index is 12.3. The minimum Gasteiger partial charge on any atom is -0.450 e. The van der Waals surface area contributed by atoms with Crippen LogP contribution in [0.15, 0.2) is 0 Å². The van der Waals surface area contributed by atoms with Crippen molar-refractivity contribution in [3.8, 4) is 0 Å². The summed E-state index contributed by atoms with van der Waals surface area (Å²) in [6.45, 7) is 6.56. The number of piperidine rings is 1. The van der Waals surface area contributed by atoms with Crippen LogP contribution < -0.4 is 10.6 Å². The fraction of sp³-hybridized carbons (Fsp3) is 0.800. The standard InChI is InChI=1S/C15H26N4O4/c1-2-23-15(22)19-9-7-17(8-10-19)11-13(20)18-5-3-12(4-6-18)14(16)21/h12H,2-11H2,1H3,(H2,16,21)/p+1. The third-order valence-electron chi connectivity index (χ3n) is 4.65. The Labute approximate surface area is 136 Å². The minimum atomic E-state index is -0.272. The van der Waals surface area contributed by atoms with E-state index in [4.69, 9.17) is 10.5 Å². The molecule has 0 saturated carbocycles. The quantitative estimate of drug-likeness (QED) is 0.628. The van der Waals surface area contributed by atoms with E-state index in [1.54, 1.807) is 11.8 Å². The number of likely N-dealkylation sites (tertiary alicyclic amines) is 1. The summed E-state index contributed by atoms with van der Waals surface area (Å²) in [5, 5.41) is 0. The van der Waals surface area contributed by atoms with Crippen LogP contribution in [0, 0.1) is 5.92 Å². The van der Waals surface area contributed by atoms with Gasteiger partial charge < -0.3 is 20.3 Å². The molecule has 0 aliphatic carbocycles. The van der Waals surface area contributed by atoms with Gasteiger partial charge >= 0.3 is 6.09 Å². The topological polar surface area (TPSA) is 97.4 Å². The lowest BCUT2D eigenvalue weighted by Gasteiger charge is -2.34. The molecule has 8 nitrogen and oxygen atoms in total. The first-order valence-corrected chi connectivity index (χ1v) is 8.33. The monoisotopic (exact) mass is 327 g/mol. The summed E-state index contributed by atoms with van der Waals surface area (Å²) in [5.41, 5.74) is 5.31. The Morgan fingerprint density at radius 2 is 1.70 bits per heavy atom. The molecule has 3 amide bonds. The Balaban J connectivity index is 1.71. The molecule has 2 aliphatic heterocycles. The van der Waals surface area contributed by atoms with Gasteiger partial charge in [0.25, 0.3) is 5.91 Å². The minimum absolute atomic E-state index is 0.0977. The molecule has 2 fully saturated rings. The van der Waals surface area contributed by atoms with Crippen molar-refractivity contribution in [2.75, 3.05) is 52.4 Å². The third-order valence-corrected chi connectivity index (χ3v) is 4.65. The van der Waals surface area contributed by atoms with Crippen LogP contribution in [-0.4, -0.2) is 80.1 Å². The number of hydrogen-bond acceptors (Lipinski definition) is 4. The molecule has 2 heterocycles. The molecule has 2 saturated heterocycles. The molecule has 130 valence electrons. The van der Waals surface area contributed by atoms with Gasteiger partial charge in [-0.05, 0) is 19.8 Å². The van der Waals surface area contributed by atoms with Gasteiger partial charge in [0.2, 0.25) is 5.91 Å². The van der Waals surface area contributed by atoms with E-state index in [2.05, 4.69) is 0 Å². The molecule has 0 spiro atoms. The zero-order valence-corrected chi connectivity index (χ0v) is 13.8. The number of nitrogens with one attached hydrogen (secondary N) is 1. The molecule has 0 atom stereocenters. The number of nitrogens with zero attached hydrogens (tertiary/aromatic N) is 2. The average molecular weight is 327 g/mol. The van der Waals surface area contributed by atoms with Crippen molar-refractivity contribution in [1.29, 1.82) is 0 Å². The summed E-state index contributed by atoms with van der Waals surface area (Å²) >= 11 is 0. The number of carbonyl (C=O) groups is 3. The number of piperazine rings is 1. The number of amides is 3. The van der Waals surface area contributed by atoms with Gasteiger partial charge in [-0.15, -0.1) is 0 Å². The smallest absolute Gasteiger partial charge is 0.410 e. The maximum atomic E-state index is 12.3. The van der Waals surface area contributed by atoms with Crippen molar-refractivity contribution in [2.24, 2.45) is 11.7 Å². The summed E-state index contributed by atoms with van der Waals surface area (Å²) in [7, 11) is 0. The Morgan fingerprint density at radius 3 is 2.22 bits per heavy atom. The van der Waals surface area contributed by atoms with E-state index in [0.717, 1.165) is 13.1 Å². The van der Waals surface area contributed by atoms with Crippen molar-refractivity contribution < 1.29 is 24.0 Å². The zero-order chi connectivity index (χ0) is 16.8. The largest absolute Gasteiger partial charge is 0.450 e. The van der Waals surface area contributed by atoms with Crippen LogP contribution in [0.3, 0.4) is 0 Å². The Kier molecular flexibility index (Phi) is 6.20. The Bertz CT molecular complexity index is 441. The summed E-state index contributed by atoms with van der Waals surface area (Å²) in [5.74, 6) is -0.246. The van der Waals surface area contributed by atoms with Crippen molar-refractivity contribution in [3.05, 3.63) is 0 Å². The van der Waals surface area contributed by atoms with E-state index in [1.165, 1.54) is 4.90 Å². The van der Waals surface area contributed by atoms with Crippen LogP contribution in [0.25, 0.3) is 0 Å². The molecule has 23 heavy (non-hydrogen) atoms. The lowest BCUT2D eigenvalue weighted by molar-refractivity contribution is -0.896. The summed E-state index contributed by atoms with van der Waals surface area (Å²) in [4.78, 5) is 39.8. The average Bonchev–Trinajstić information content (AvgIpc) is 2.55. The SMILES string of the molecule is CCOC(=O)N1CC[NH+](CC(=O)N2CCC(C(N)=O)CC2)CC1. The lowest BCUT2D eigenvalue weighted by Crippen LogP contribution is -3.15. The lowest BCUT2D eigenvalue weighted by atomic mass is 9.96. The van der Waals surface area contributed by atoms with Crippen LogP contribution in [0.4, 0.5) is 4.79 Å². The number of ether oxygens (including phenoxy) is 1.